The maximum absolute atomic E-state index is 12.3. The van der Waals surface area contributed by atoms with Gasteiger partial charge in [0, 0.05) is 29.6 Å². The normalized spacial score (nSPS) is 10.2. The van der Waals surface area contributed by atoms with Crippen molar-refractivity contribution >= 4 is 28.8 Å². The third kappa shape index (κ3) is 4.25. The molecule has 0 bridgehead atoms. The molecule has 0 fully saturated rings. The summed E-state index contributed by atoms with van der Waals surface area (Å²) in [6, 6.07) is 13.9. The lowest BCUT2D eigenvalue weighted by atomic mass is 10.2. The quantitative estimate of drug-likeness (QED) is 0.700. The molecule has 1 aromatic carbocycles. The number of carbonyl (C=O) groups excluding carboxylic acids is 2. The number of aromatic nitrogens is 1. The van der Waals surface area contributed by atoms with E-state index in [4.69, 9.17) is 4.74 Å². The van der Waals surface area contributed by atoms with Gasteiger partial charge in [0.1, 0.15) is 0 Å². The highest BCUT2D eigenvalue weighted by Gasteiger charge is 2.10. The van der Waals surface area contributed by atoms with Gasteiger partial charge < -0.3 is 15.4 Å². The Balaban J connectivity index is 1.59. The molecule has 7 heteroatoms. The van der Waals surface area contributed by atoms with Gasteiger partial charge in [0.05, 0.1) is 12.0 Å². The lowest BCUT2D eigenvalue weighted by molar-refractivity contribution is 0.0950. The Hall–Kier alpha value is -3.19. The van der Waals surface area contributed by atoms with E-state index in [1.54, 1.807) is 42.6 Å². The summed E-state index contributed by atoms with van der Waals surface area (Å²) in [6.07, 6.45) is 1.63. The van der Waals surface area contributed by atoms with E-state index in [1.165, 1.54) is 18.4 Å². The number of hydrogen-bond donors (Lipinski definition) is 2. The number of rotatable bonds is 6. The molecule has 3 rings (SSSR count). The van der Waals surface area contributed by atoms with E-state index in [0.717, 1.165) is 5.56 Å². The van der Waals surface area contributed by atoms with Gasteiger partial charge in [-0.3, -0.25) is 9.59 Å². The van der Waals surface area contributed by atoms with Gasteiger partial charge in [-0.05, 0) is 41.8 Å². The van der Waals surface area contributed by atoms with Crippen molar-refractivity contribution in [2.75, 3.05) is 12.4 Å². The average molecular weight is 367 g/mol. The predicted molar refractivity (Wildman–Crippen MR) is 101 cm³/mol. The SMILES string of the molecule is COc1ncccc1CNC(=O)c1ccc(NC(=O)c2cccs2)cc1. The summed E-state index contributed by atoms with van der Waals surface area (Å²) in [5.74, 6) is 0.104. The van der Waals surface area contributed by atoms with Gasteiger partial charge in [0.25, 0.3) is 11.8 Å². The highest BCUT2D eigenvalue weighted by molar-refractivity contribution is 7.12. The fraction of sp³-hybridized carbons (Fsp3) is 0.105. The van der Waals surface area contributed by atoms with Gasteiger partial charge >= 0.3 is 0 Å². The van der Waals surface area contributed by atoms with E-state index in [0.29, 0.717) is 28.6 Å². The van der Waals surface area contributed by atoms with Crippen molar-refractivity contribution < 1.29 is 14.3 Å². The molecule has 2 N–H and O–H groups in total. The van der Waals surface area contributed by atoms with Crippen LogP contribution in [0.3, 0.4) is 0 Å². The molecule has 2 amide bonds. The second-order valence-electron chi connectivity index (χ2n) is 5.36. The van der Waals surface area contributed by atoms with Crippen LogP contribution < -0.4 is 15.4 Å². The molecule has 0 radical (unpaired) electrons. The fourth-order valence-corrected chi connectivity index (χ4v) is 2.94. The van der Waals surface area contributed by atoms with Gasteiger partial charge in [-0.2, -0.15) is 0 Å². The molecule has 0 aliphatic heterocycles. The Bertz CT molecular complexity index is 893. The monoisotopic (exact) mass is 367 g/mol. The molecular formula is C19H17N3O3S. The molecule has 0 saturated carbocycles. The number of methoxy groups -OCH3 is 1. The minimum Gasteiger partial charge on any atom is -0.481 e. The molecule has 2 aromatic heterocycles. The highest BCUT2D eigenvalue weighted by atomic mass is 32.1. The lowest BCUT2D eigenvalue weighted by Crippen LogP contribution is -2.23. The van der Waals surface area contributed by atoms with Crippen LogP contribution in [0.15, 0.2) is 60.1 Å². The van der Waals surface area contributed by atoms with Crippen LogP contribution in [-0.4, -0.2) is 23.9 Å². The topological polar surface area (TPSA) is 80.3 Å². The van der Waals surface area contributed by atoms with E-state index in [1.807, 2.05) is 17.5 Å². The van der Waals surface area contributed by atoms with Crippen molar-refractivity contribution in [1.82, 2.24) is 10.3 Å². The number of thiophene rings is 1. The fourth-order valence-electron chi connectivity index (χ4n) is 2.33. The maximum Gasteiger partial charge on any atom is 0.265 e. The molecule has 0 unspecified atom stereocenters. The van der Waals surface area contributed by atoms with E-state index in [9.17, 15) is 9.59 Å². The highest BCUT2D eigenvalue weighted by Crippen LogP contribution is 2.15. The standard InChI is InChI=1S/C19H17N3O3S/c1-25-19-14(4-2-10-20-19)12-21-17(23)13-6-8-15(9-7-13)22-18(24)16-5-3-11-26-16/h2-11H,12H2,1H3,(H,21,23)(H,22,24). The summed E-state index contributed by atoms with van der Waals surface area (Å²) < 4.78 is 5.16. The molecule has 0 atom stereocenters. The van der Waals surface area contributed by atoms with Crippen LogP contribution in [0, 0.1) is 0 Å². The molecular weight excluding hydrogens is 350 g/mol. The van der Waals surface area contributed by atoms with Crippen LogP contribution in [0.4, 0.5) is 5.69 Å². The number of anilines is 1. The van der Waals surface area contributed by atoms with E-state index >= 15 is 0 Å². The summed E-state index contributed by atoms with van der Waals surface area (Å²) >= 11 is 1.37. The smallest absolute Gasteiger partial charge is 0.265 e. The number of carbonyl (C=O) groups is 2. The molecule has 6 nitrogen and oxygen atoms in total. The predicted octanol–water partition coefficient (Wildman–Crippen LogP) is 3.33. The first kappa shape index (κ1) is 17.6. The van der Waals surface area contributed by atoms with Gasteiger partial charge in [0.15, 0.2) is 0 Å². The number of nitrogens with one attached hydrogen (secondary N) is 2. The molecule has 0 aliphatic carbocycles. The van der Waals surface area contributed by atoms with E-state index < -0.39 is 0 Å². The van der Waals surface area contributed by atoms with Crippen LogP contribution in [0.5, 0.6) is 5.88 Å². The molecule has 2 heterocycles. The number of hydrogen-bond acceptors (Lipinski definition) is 5. The van der Waals surface area contributed by atoms with Gasteiger partial charge in [0.2, 0.25) is 5.88 Å². The minimum atomic E-state index is -0.216. The van der Waals surface area contributed by atoms with Crippen molar-refractivity contribution in [2.45, 2.75) is 6.54 Å². The Morgan fingerprint density at radius 2 is 1.88 bits per heavy atom. The summed E-state index contributed by atoms with van der Waals surface area (Å²) in [7, 11) is 1.54. The molecule has 132 valence electrons. The Labute approximate surface area is 154 Å². The molecule has 0 aliphatic rings. The van der Waals surface area contributed by atoms with Crippen LogP contribution in [0.2, 0.25) is 0 Å². The van der Waals surface area contributed by atoms with Crippen molar-refractivity contribution in [2.24, 2.45) is 0 Å². The summed E-state index contributed by atoms with van der Waals surface area (Å²) in [5, 5.41) is 7.47. The zero-order valence-corrected chi connectivity index (χ0v) is 14.9. The summed E-state index contributed by atoms with van der Waals surface area (Å²) in [4.78, 5) is 29.0. The van der Waals surface area contributed by atoms with Crippen LogP contribution in [-0.2, 0) is 6.54 Å². The van der Waals surface area contributed by atoms with Crippen molar-refractivity contribution in [1.29, 1.82) is 0 Å². The maximum atomic E-state index is 12.3. The van der Waals surface area contributed by atoms with Gasteiger partial charge in [-0.25, -0.2) is 4.98 Å². The third-order valence-electron chi connectivity index (χ3n) is 3.63. The van der Waals surface area contributed by atoms with Crippen LogP contribution in [0.1, 0.15) is 25.6 Å². The largest absolute Gasteiger partial charge is 0.481 e. The molecule has 0 spiro atoms. The summed E-state index contributed by atoms with van der Waals surface area (Å²) in [6.45, 7) is 0.312. The second-order valence-corrected chi connectivity index (χ2v) is 6.31. The average Bonchev–Trinajstić information content (AvgIpc) is 3.22. The number of nitrogens with zero attached hydrogens (tertiary/aromatic N) is 1. The van der Waals surface area contributed by atoms with E-state index in [2.05, 4.69) is 15.6 Å². The summed E-state index contributed by atoms with van der Waals surface area (Å²) in [5.41, 5.74) is 1.93. The number of benzene rings is 1. The zero-order valence-electron chi connectivity index (χ0n) is 14.1. The number of ether oxygens (including phenoxy) is 1. The van der Waals surface area contributed by atoms with Crippen molar-refractivity contribution in [3.63, 3.8) is 0 Å². The second kappa shape index (κ2) is 8.26. The molecule has 3 aromatic rings. The number of amides is 2. The Morgan fingerprint density at radius 3 is 2.58 bits per heavy atom. The number of pyridine rings is 1. The van der Waals surface area contributed by atoms with Gasteiger partial charge in [-0.1, -0.05) is 12.1 Å². The molecule has 26 heavy (non-hydrogen) atoms. The first-order valence-corrected chi connectivity index (χ1v) is 8.76. The minimum absolute atomic E-state index is 0.166. The van der Waals surface area contributed by atoms with Gasteiger partial charge in [-0.15, -0.1) is 11.3 Å². The first-order valence-electron chi connectivity index (χ1n) is 7.88. The Kier molecular flexibility index (Phi) is 5.60. The lowest BCUT2D eigenvalue weighted by Gasteiger charge is -2.09. The third-order valence-corrected chi connectivity index (χ3v) is 4.50. The van der Waals surface area contributed by atoms with Crippen LogP contribution in [0.25, 0.3) is 0 Å². The first-order chi connectivity index (χ1) is 12.7. The molecule has 0 saturated heterocycles. The van der Waals surface area contributed by atoms with Crippen LogP contribution >= 0.6 is 11.3 Å². The van der Waals surface area contributed by atoms with Crippen molar-refractivity contribution in [3.8, 4) is 5.88 Å². The van der Waals surface area contributed by atoms with Crippen molar-refractivity contribution in [3.05, 3.63) is 76.1 Å². The van der Waals surface area contributed by atoms with E-state index in [-0.39, 0.29) is 11.8 Å². The zero-order chi connectivity index (χ0) is 18.4. The Morgan fingerprint density at radius 1 is 1.08 bits per heavy atom.